The highest BCUT2D eigenvalue weighted by molar-refractivity contribution is 9.10. The minimum absolute atomic E-state index is 0.0392. The lowest BCUT2D eigenvalue weighted by molar-refractivity contribution is -0.128. The molecule has 0 aliphatic carbocycles. The van der Waals surface area contributed by atoms with Crippen LogP contribution in [0.5, 0.6) is 5.75 Å². The van der Waals surface area contributed by atoms with Crippen molar-refractivity contribution in [2.75, 3.05) is 6.54 Å². The predicted molar refractivity (Wildman–Crippen MR) is 131 cm³/mol. The number of halogens is 4. The molecule has 0 aromatic heterocycles. The summed E-state index contributed by atoms with van der Waals surface area (Å²) in [4.78, 5) is 26.2. The molecule has 2 amide bonds. The summed E-state index contributed by atoms with van der Waals surface area (Å²) in [5, 5.41) is 3.71. The first-order valence-corrected chi connectivity index (χ1v) is 11.1. The summed E-state index contributed by atoms with van der Waals surface area (Å²) in [5.74, 6) is -0.688. The minimum atomic E-state index is -0.581. The molecule has 1 aliphatic rings. The van der Waals surface area contributed by atoms with E-state index in [9.17, 15) is 9.59 Å². The number of rotatable bonds is 6. The summed E-state index contributed by atoms with van der Waals surface area (Å²) in [7, 11) is 0. The maximum absolute atomic E-state index is 12.7. The second-order valence-electron chi connectivity index (χ2n) is 6.37. The summed E-state index contributed by atoms with van der Waals surface area (Å²) >= 11 is 26.8. The molecule has 0 spiro atoms. The number of carbonyl (C=O) groups excluding carboxylic acids is 2. The van der Waals surface area contributed by atoms with Crippen LogP contribution in [0.4, 0.5) is 0 Å². The quantitative estimate of drug-likeness (QED) is 0.210. The van der Waals surface area contributed by atoms with Gasteiger partial charge in [0.1, 0.15) is 12.2 Å². The van der Waals surface area contributed by atoms with Crippen LogP contribution in [0.25, 0.3) is 6.08 Å². The summed E-state index contributed by atoms with van der Waals surface area (Å²) < 4.78 is 6.36. The highest BCUT2D eigenvalue weighted by atomic mass is 79.9. The molecule has 2 aromatic carbocycles. The number of ether oxygens (including phenoxy) is 1. The largest absolute Gasteiger partial charge is 0.486 e. The topological polar surface area (TPSA) is 58.6 Å². The van der Waals surface area contributed by atoms with Gasteiger partial charge in [0.2, 0.25) is 0 Å². The van der Waals surface area contributed by atoms with Crippen LogP contribution in [0.1, 0.15) is 11.1 Å². The summed E-state index contributed by atoms with van der Waals surface area (Å²) in [6, 6.07) is 8.46. The van der Waals surface area contributed by atoms with Gasteiger partial charge in [0, 0.05) is 6.54 Å². The van der Waals surface area contributed by atoms with E-state index in [-0.39, 0.29) is 23.8 Å². The number of benzene rings is 2. The third-order valence-corrected chi connectivity index (χ3v) is 6.13. The second kappa shape index (κ2) is 10.1. The van der Waals surface area contributed by atoms with Gasteiger partial charge < -0.3 is 4.74 Å². The molecule has 160 valence electrons. The number of hydrogen-bond donors (Lipinski definition) is 1. The number of nitrogens with one attached hydrogen (secondary N) is 1. The lowest BCUT2D eigenvalue weighted by Gasteiger charge is -2.27. The number of carbonyl (C=O) groups is 2. The molecule has 0 radical (unpaired) electrons. The van der Waals surface area contributed by atoms with Crippen molar-refractivity contribution in [2.24, 2.45) is 0 Å². The van der Waals surface area contributed by atoms with Gasteiger partial charge in [0.05, 0.1) is 19.5 Å². The van der Waals surface area contributed by atoms with Gasteiger partial charge >= 0.3 is 0 Å². The van der Waals surface area contributed by atoms with Crippen molar-refractivity contribution in [3.63, 3.8) is 0 Å². The lowest BCUT2D eigenvalue weighted by atomic mass is 10.1. The Morgan fingerprint density at radius 1 is 1.13 bits per heavy atom. The van der Waals surface area contributed by atoms with Crippen molar-refractivity contribution < 1.29 is 14.3 Å². The first-order valence-electron chi connectivity index (χ1n) is 8.76. The Morgan fingerprint density at radius 3 is 2.52 bits per heavy atom. The van der Waals surface area contributed by atoms with Crippen LogP contribution >= 0.6 is 63.0 Å². The lowest BCUT2D eigenvalue weighted by Crippen LogP contribution is -2.53. The van der Waals surface area contributed by atoms with E-state index in [4.69, 9.17) is 51.8 Å². The van der Waals surface area contributed by atoms with Crippen molar-refractivity contribution in [2.45, 2.75) is 6.61 Å². The smallest absolute Gasteiger partial charge is 0.265 e. The molecule has 10 heteroatoms. The molecule has 1 aliphatic heterocycles. The van der Waals surface area contributed by atoms with E-state index in [2.05, 4.69) is 27.8 Å². The van der Waals surface area contributed by atoms with Crippen molar-refractivity contribution in [1.29, 1.82) is 0 Å². The van der Waals surface area contributed by atoms with Gasteiger partial charge in [-0.1, -0.05) is 46.9 Å². The molecule has 31 heavy (non-hydrogen) atoms. The van der Waals surface area contributed by atoms with Gasteiger partial charge in [-0.2, -0.15) is 0 Å². The normalized spacial score (nSPS) is 15.3. The van der Waals surface area contributed by atoms with E-state index in [1.54, 1.807) is 30.3 Å². The number of amides is 2. The molecule has 1 saturated heterocycles. The van der Waals surface area contributed by atoms with Crippen LogP contribution in [0.3, 0.4) is 0 Å². The van der Waals surface area contributed by atoms with E-state index in [1.807, 2.05) is 0 Å². The molecule has 0 saturated carbocycles. The summed E-state index contributed by atoms with van der Waals surface area (Å²) in [5.41, 5.74) is 1.28. The SMILES string of the molecule is C=CCN1C(=O)/C(=C/c2cc(Cl)c(OCc3ccc(Cl)c(Cl)c3)c(Br)c2)C(=O)NC1=S. The van der Waals surface area contributed by atoms with E-state index in [0.29, 0.717) is 30.9 Å². The Morgan fingerprint density at radius 2 is 1.87 bits per heavy atom. The molecule has 0 bridgehead atoms. The number of nitrogens with zero attached hydrogens (tertiary/aromatic N) is 1. The third-order valence-electron chi connectivity index (χ3n) is 4.20. The average molecular weight is 561 g/mol. The first kappa shape index (κ1) is 23.8. The molecule has 1 fully saturated rings. The van der Waals surface area contributed by atoms with E-state index in [1.165, 1.54) is 17.1 Å². The Hall–Kier alpha value is -1.90. The van der Waals surface area contributed by atoms with Crippen LogP contribution in [0, 0.1) is 0 Å². The fraction of sp³-hybridized carbons (Fsp3) is 0.0952. The number of thiocarbonyl (C=S) groups is 1. The second-order valence-corrected chi connectivity index (χ2v) is 8.84. The summed E-state index contributed by atoms with van der Waals surface area (Å²) in [6.07, 6.45) is 2.96. The zero-order valence-corrected chi connectivity index (χ0v) is 20.4. The van der Waals surface area contributed by atoms with Crippen LogP contribution in [0.2, 0.25) is 15.1 Å². The Kier molecular flexibility index (Phi) is 7.78. The maximum atomic E-state index is 12.7. The van der Waals surface area contributed by atoms with Crippen molar-refractivity contribution in [3.05, 3.63) is 79.2 Å². The van der Waals surface area contributed by atoms with Gasteiger partial charge in [-0.25, -0.2) is 0 Å². The minimum Gasteiger partial charge on any atom is -0.486 e. The maximum Gasteiger partial charge on any atom is 0.265 e. The molecule has 1 N–H and O–H groups in total. The zero-order valence-electron chi connectivity index (χ0n) is 15.8. The third kappa shape index (κ3) is 5.48. The fourth-order valence-electron chi connectivity index (χ4n) is 2.74. The average Bonchev–Trinajstić information content (AvgIpc) is 2.70. The molecule has 1 heterocycles. The van der Waals surface area contributed by atoms with Crippen LogP contribution in [0.15, 0.2) is 53.0 Å². The highest BCUT2D eigenvalue weighted by Gasteiger charge is 2.32. The van der Waals surface area contributed by atoms with E-state index < -0.39 is 11.8 Å². The van der Waals surface area contributed by atoms with Gasteiger partial charge in [0.25, 0.3) is 11.8 Å². The molecular formula is C21H14BrCl3N2O3S. The van der Waals surface area contributed by atoms with Crippen molar-refractivity contribution in [3.8, 4) is 5.75 Å². The van der Waals surface area contributed by atoms with E-state index in [0.717, 1.165) is 5.56 Å². The highest BCUT2D eigenvalue weighted by Crippen LogP contribution is 2.36. The molecular weight excluding hydrogens is 547 g/mol. The van der Waals surface area contributed by atoms with Gasteiger partial charge in [-0.3, -0.25) is 19.8 Å². The van der Waals surface area contributed by atoms with Crippen LogP contribution < -0.4 is 10.1 Å². The van der Waals surface area contributed by atoms with Crippen molar-refractivity contribution in [1.82, 2.24) is 10.2 Å². The van der Waals surface area contributed by atoms with Gasteiger partial charge in [-0.05, 0) is 69.6 Å². The molecule has 2 aromatic rings. The molecule has 5 nitrogen and oxygen atoms in total. The zero-order chi connectivity index (χ0) is 22.7. The van der Waals surface area contributed by atoms with Crippen LogP contribution in [-0.2, 0) is 16.2 Å². The van der Waals surface area contributed by atoms with Crippen LogP contribution in [-0.4, -0.2) is 28.4 Å². The Bertz CT molecular complexity index is 1110. The van der Waals surface area contributed by atoms with Gasteiger partial charge in [-0.15, -0.1) is 6.58 Å². The van der Waals surface area contributed by atoms with Gasteiger partial charge in [0.15, 0.2) is 10.9 Å². The summed E-state index contributed by atoms with van der Waals surface area (Å²) in [6.45, 7) is 3.99. The fourth-order valence-corrected chi connectivity index (χ4v) is 4.30. The van der Waals surface area contributed by atoms with E-state index >= 15 is 0 Å². The standard InChI is InChI=1S/C21H14BrCl3N2O3S/c1-2-5-27-20(29)13(19(28)26-21(27)31)6-12-7-14(22)18(17(25)9-12)30-10-11-3-4-15(23)16(24)8-11/h2-4,6-9H,1,5,10H2,(H,26,28,31)/b13-6+. The van der Waals surface area contributed by atoms with Crippen molar-refractivity contribution >= 4 is 86.0 Å². The molecule has 0 unspecified atom stereocenters. The predicted octanol–water partition coefficient (Wildman–Crippen LogP) is 5.80. The first-order chi connectivity index (χ1) is 14.7. The number of hydrogen-bond acceptors (Lipinski definition) is 4. The monoisotopic (exact) mass is 558 g/mol. The Balaban J connectivity index is 1.84. The molecule has 0 atom stereocenters. The molecule has 3 rings (SSSR count). The Labute approximate surface area is 207 Å².